The number of carbonyl (C=O) groups is 1. The van der Waals surface area contributed by atoms with Crippen molar-refractivity contribution in [1.29, 1.82) is 0 Å². The average Bonchev–Trinajstić information content (AvgIpc) is 2.20. The van der Waals surface area contributed by atoms with Crippen molar-refractivity contribution in [3.8, 4) is 5.75 Å². The molecule has 1 aromatic rings. The van der Waals surface area contributed by atoms with Gasteiger partial charge in [-0.2, -0.15) is 0 Å². The number of methoxy groups -OCH3 is 1. The molecule has 1 aromatic carbocycles. The maximum absolute atomic E-state index is 11.2. The molecular formula is C10H11Cl2NO2. The minimum absolute atomic E-state index is 0.438. The van der Waals surface area contributed by atoms with Gasteiger partial charge in [0.25, 0.3) is 5.91 Å². The molecule has 0 heterocycles. The quantitative estimate of drug-likeness (QED) is 0.835. The Labute approximate surface area is 98.3 Å². The summed E-state index contributed by atoms with van der Waals surface area (Å²) in [6.45, 7) is 1.86. The van der Waals surface area contributed by atoms with Gasteiger partial charge in [-0.15, -0.1) is 0 Å². The normalized spacial score (nSPS) is 10.2. The highest BCUT2D eigenvalue weighted by Crippen LogP contribution is 2.21. The van der Waals surface area contributed by atoms with Gasteiger partial charge in [-0.25, -0.2) is 0 Å². The second-order valence-electron chi connectivity index (χ2n) is 2.97. The summed E-state index contributed by atoms with van der Waals surface area (Å²) >= 11 is 10.8. The molecule has 0 bridgehead atoms. The van der Waals surface area contributed by atoms with E-state index in [4.69, 9.17) is 27.9 Å². The van der Waals surface area contributed by atoms with E-state index in [1.54, 1.807) is 19.2 Å². The van der Waals surface area contributed by atoms with Crippen LogP contribution in [0.15, 0.2) is 18.2 Å². The highest BCUT2D eigenvalue weighted by molar-refractivity contribution is 6.54. The Bertz CT molecular complexity index is 366. The maximum atomic E-state index is 11.2. The number of ether oxygens (including phenoxy) is 1. The van der Waals surface area contributed by atoms with Gasteiger partial charge in [0, 0.05) is 5.69 Å². The lowest BCUT2D eigenvalue weighted by atomic mass is 10.2. The van der Waals surface area contributed by atoms with Gasteiger partial charge in [-0.05, 0) is 30.7 Å². The van der Waals surface area contributed by atoms with E-state index in [0.29, 0.717) is 5.69 Å². The topological polar surface area (TPSA) is 38.3 Å². The number of alkyl halides is 2. The zero-order valence-electron chi connectivity index (χ0n) is 8.38. The predicted molar refractivity (Wildman–Crippen MR) is 61.9 cm³/mol. The van der Waals surface area contributed by atoms with Crippen LogP contribution in [0.1, 0.15) is 5.56 Å². The number of hydrogen-bond acceptors (Lipinski definition) is 2. The number of halogens is 2. The SMILES string of the molecule is COc1ccc(NC(=O)C(Cl)Cl)c(C)c1. The Hall–Kier alpha value is -0.930. The zero-order chi connectivity index (χ0) is 11.4. The number of hydrogen-bond donors (Lipinski definition) is 1. The Morgan fingerprint density at radius 2 is 2.13 bits per heavy atom. The van der Waals surface area contributed by atoms with Gasteiger partial charge in [0.15, 0.2) is 4.84 Å². The van der Waals surface area contributed by atoms with Gasteiger partial charge < -0.3 is 10.1 Å². The summed E-state index contributed by atoms with van der Waals surface area (Å²) in [5.41, 5.74) is 1.56. The van der Waals surface area contributed by atoms with Crippen molar-refractivity contribution in [2.45, 2.75) is 11.8 Å². The van der Waals surface area contributed by atoms with E-state index >= 15 is 0 Å². The van der Waals surface area contributed by atoms with Crippen LogP contribution in [-0.4, -0.2) is 17.9 Å². The highest BCUT2D eigenvalue weighted by atomic mass is 35.5. The summed E-state index contributed by atoms with van der Waals surface area (Å²) < 4.78 is 5.04. The van der Waals surface area contributed by atoms with Gasteiger partial charge in [0.1, 0.15) is 5.75 Å². The van der Waals surface area contributed by atoms with Crippen LogP contribution in [0.5, 0.6) is 5.75 Å². The van der Waals surface area contributed by atoms with Crippen LogP contribution in [-0.2, 0) is 4.79 Å². The fourth-order valence-corrected chi connectivity index (χ4v) is 1.20. The summed E-state index contributed by atoms with van der Waals surface area (Å²) in [6, 6.07) is 5.30. The van der Waals surface area contributed by atoms with Crippen molar-refractivity contribution >= 4 is 34.8 Å². The van der Waals surface area contributed by atoms with Crippen LogP contribution in [0.2, 0.25) is 0 Å². The van der Waals surface area contributed by atoms with E-state index in [0.717, 1.165) is 11.3 Å². The number of carbonyl (C=O) groups excluding carboxylic acids is 1. The number of amides is 1. The second-order valence-corrected chi connectivity index (χ2v) is 4.07. The number of anilines is 1. The molecule has 1 rings (SSSR count). The molecule has 0 fully saturated rings. The third-order valence-corrected chi connectivity index (χ3v) is 2.29. The van der Waals surface area contributed by atoms with E-state index in [1.807, 2.05) is 13.0 Å². The first-order valence-electron chi connectivity index (χ1n) is 4.28. The van der Waals surface area contributed by atoms with Gasteiger partial charge in [0.05, 0.1) is 7.11 Å². The van der Waals surface area contributed by atoms with Crippen molar-refractivity contribution in [3.05, 3.63) is 23.8 Å². The lowest BCUT2D eigenvalue weighted by Crippen LogP contribution is -2.19. The Morgan fingerprint density at radius 1 is 1.47 bits per heavy atom. The van der Waals surface area contributed by atoms with Crippen LogP contribution in [0.25, 0.3) is 0 Å². The molecule has 5 heteroatoms. The van der Waals surface area contributed by atoms with E-state index < -0.39 is 10.7 Å². The summed E-state index contributed by atoms with van der Waals surface area (Å²) in [4.78, 5) is 10.1. The fourth-order valence-electron chi connectivity index (χ4n) is 1.09. The number of rotatable bonds is 3. The maximum Gasteiger partial charge on any atom is 0.257 e. The molecule has 0 saturated carbocycles. The first-order chi connectivity index (χ1) is 7.04. The molecule has 0 aliphatic carbocycles. The molecule has 1 amide bonds. The standard InChI is InChI=1S/C10H11Cl2NO2/c1-6-5-7(15-2)3-4-8(6)13-10(14)9(11)12/h3-5,9H,1-2H3,(H,13,14). The van der Waals surface area contributed by atoms with Crippen molar-refractivity contribution in [1.82, 2.24) is 0 Å². The third kappa shape index (κ3) is 3.29. The first-order valence-corrected chi connectivity index (χ1v) is 5.15. The molecule has 0 spiro atoms. The van der Waals surface area contributed by atoms with Gasteiger partial charge in [-0.3, -0.25) is 4.79 Å². The molecule has 82 valence electrons. The van der Waals surface area contributed by atoms with Crippen molar-refractivity contribution in [2.24, 2.45) is 0 Å². The second kappa shape index (κ2) is 5.24. The Kier molecular flexibility index (Phi) is 4.24. The number of benzene rings is 1. The van der Waals surface area contributed by atoms with Crippen molar-refractivity contribution in [3.63, 3.8) is 0 Å². The molecular weight excluding hydrogens is 237 g/mol. The molecule has 0 aliphatic rings. The summed E-state index contributed by atoms with van der Waals surface area (Å²) in [7, 11) is 1.58. The van der Waals surface area contributed by atoms with Gasteiger partial charge >= 0.3 is 0 Å². The first kappa shape index (κ1) is 12.1. The number of nitrogens with one attached hydrogen (secondary N) is 1. The molecule has 0 radical (unpaired) electrons. The highest BCUT2D eigenvalue weighted by Gasteiger charge is 2.12. The molecule has 15 heavy (non-hydrogen) atoms. The van der Waals surface area contributed by atoms with E-state index in [1.165, 1.54) is 0 Å². The third-order valence-electron chi connectivity index (χ3n) is 1.89. The predicted octanol–water partition coefficient (Wildman–Crippen LogP) is 2.75. The largest absolute Gasteiger partial charge is 0.497 e. The van der Waals surface area contributed by atoms with E-state index in [2.05, 4.69) is 5.32 Å². The fraction of sp³-hybridized carbons (Fsp3) is 0.300. The lowest BCUT2D eigenvalue weighted by Gasteiger charge is -2.09. The Balaban J connectivity index is 2.83. The van der Waals surface area contributed by atoms with Crippen LogP contribution in [0, 0.1) is 6.92 Å². The van der Waals surface area contributed by atoms with E-state index in [9.17, 15) is 4.79 Å². The molecule has 3 nitrogen and oxygen atoms in total. The minimum Gasteiger partial charge on any atom is -0.497 e. The molecule has 0 saturated heterocycles. The van der Waals surface area contributed by atoms with Crippen molar-refractivity contribution < 1.29 is 9.53 Å². The smallest absolute Gasteiger partial charge is 0.257 e. The zero-order valence-corrected chi connectivity index (χ0v) is 9.89. The summed E-state index contributed by atoms with van der Waals surface area (Å²) in [6.07, 6.45) is 0. The van der Waals surface area contributed by atoms with Crippen LogP contribution in [0.3, 0.4) is 0 Å². The van der Waals surface area contributed by atoms with E-state index in [-0.39, 0.29) is 0 Å². The van der Waals surface area contributed by atoms with Crippen LogP contribution < -0.4 is 10.1 Å². The molecule has 0 unspecified atom stereocenters. The van der Waals surface area contributed by atoms with Crippen LogP contribution in [0.4, 0.5) is 5.69 Å². The molecule has 0 aromatic heterocycles. The van der Waals surface area contributed by atoms with Gasteiger partial charge in [-0.1, -0.05) is 23.2 Å². The summed E-state index contributed by atoms with van der Waals surface area (Å²) in [5.74, 6) is 0.297. The molecule has 0 aliphatic heterocycles. The molecule has 0 atom stereocenters. The Morgan fingerprint density at radius 3 is 2.60 bits per heavy atom. The van der Waals surface area contributed by atoms with Gasteiger partial charge in [0.2, 0.25) is 0 Å². The van der Waals surface area contributed by atoms with Crippen molar-refractivity contribution in [2.75, 3.05) is 12.4 Å². The lowest BCUT2D eigenvalue weighted by molar-refractivity contribution is -0.114. The monoisotopic (exact) mass is 247 g/mol. The number of aryl methyl sites for hydroxylation is 1. The summed E-state index contributed by atoms with van der Waals surface area (Å²) in [5, 5.41) is 2.60. The van der Waals surface area contributed by atoms with Crippen LogP contribution >= 0.6 is 23.2 Å². The average molecular weight is 248 g/mol. The molecule has 1 N–H and O–H groups in total. The minimum atomic E-state index is -1.06.